The Hall–Kier alpha value is -2.62. The molecule has 0 spiro atoms. The van der Waals surface area contributed by atoms with E-state index in [9.17, 15) is 5.11 Å². The Morgan fingerprint density at radius 1 is 1.00 bits per heavy atom. The molecule has 0 fully saturated rings. The van der Waals surface area contributed by atoms with Gasteiger partial charge in [0.1, 0.15) is 22.5 Å². The molecular weight excluding hydrogens is 226 g/mol. The van der Waals surface area contributed by atoms with E-state index in [0.717, 1.165) is 11.0 Å². The molecule has 3 aromatic rings. The van der Waals surface area contributed by atoms with E-state index in [4.69, 9.17) is 0 Å². The van der Waals surface area contributed by atoms with Gasteiger partial charge in [-0.25, -0.2) is 0 Å². The summed E-state index contributed by atoms with van der Waals surface area (Å²) in [6, 6.07) is 13.0. The first-order chi connectivity index (χ1) is 8.79. The molecule has 1 N–H and O–H groups in total. The molecule has 0 aliphatic rings. The third-order valence-corrected chi connectivity index (χ3v) is 2.77. The number of hydrogen-bond acceptors (Lipinski definition) is 3. The summed E-state index contributed by atoms with van der Waals surface area (Å²) in [6.45, 7) is 3.66. The lowest BCUT2D eigenvalue weighted by Gasteiger charge is -2.05. The molecule has 0 bridgehead atoms. The summed E-state index contributed by atoms with van der Waals surface area (Å²) in [6.07, 6.45) is 1.60. The van der Waals surface area contributed by atoms with Gasteiger partial charge in [0.25, 0.3) is 0 Å². The van der Waals surface area contributed by atoms with Crippen LogP contribution in [0.5, 0.6) is 5.75 Å². The first kappa shape index (κ1) is 10.5. The van der Waals surface area contributed by atoms with E-state index in [1.54, 1.807) is 18.2 Å². The number of hydrogen-bond donors (Lipinski definition) is 1. The second kappa shape index (κ2) is 4.00. The second-order valence-electron chi connectivity index (χ2n) is 3.90. The quantitative estimate of drug-likeness (QED) is 0.745. The minimum atomic E-state index is 0.132. The van der Waals surface area contributed by atoms with Crippen molar-refractivity contribution in [3.8, 4) is 11.4 Å². The van der Waals surface area contributed by atoms with Gasteiger partial charge in [-0.2, -0.15) is 0 Å². The van der Waals surface area contributed by atoms with Crippen molar-refractivity contribution in [2.24, 2.45) is 0 Å². The van der Waals surface area contributed by atoms with Crippen molar-refractivity contribution < 1.29 is 5.11 Å². The molecule has 0 amide bonds. The van der Waals surface area contributed by atoms with Crippen molar-refractivity contribution >= 4 is 17.1 Å². The number of fused-ring (bicyclic) bond motifs is 1. The number of para-hydroxylation sites is 1. The summed E-state index contributed by atoms with van der Waals surface area (Å²) in [5, 5.41) is 18.8. The smallest absolute Gasteiger partial charge is 0.150 e. The number of nitrogens with zero attached hydrogens (tertiary/aromatic N) is 3. The maximum atomic E-state index is 10.1. The molecule has 0 saturated carbocycles. The lowest BCUT2D eigenvalue weighted by molar-refractivity contribution is 0.466. The minimum Gasteiger partial charge on any atom is -0.505 e. The lowest BCUT2D eigenvalue weighted by atomic mass is 10.2. The number of rotatable bonds is 2. The third-order valence-electron chi connectivity index (χ3n) is 2.77. The standard InChI is InChI=1S/C14H11N3O/c1-2-10-6-5-9-13(14(10)18)17-15-11-7-3-4-8-12(11)16-17/h2-9,18H,1H2. The van der Waals surface area contributed by atoms with Gasteiger partial charge in [-0.15, -0.1) is 15.0 Å². The first-order valence-corrected chi connectivity index (χ1v) is 5.56. The van der Waals surface area contributed by atoms with Crippen molar-refractivity contribution in [2.45, 2.75) is 0 Å². The SMILES string of the molecule is C=Cc1cccc(-n2nc3ccccc3n2)c1O. The van der Waals surface area contributed by atoms with Gasteiger partial charge in [-0.1, -0.05) is 36.9 Å². The molecule has 0 radical (unpaired) electrons. The van der Waals surface area contributed by atoms with E-state index < -0.39 is 0 Å². The number of aromatic nitrogens is 3. The summed E-state index contributed by atoms with van der Waals surface area (Å²) < 4.78 is 0. The Labute approximate surface area is 104 Å². The molecule has 4 heteroatoms. The predicted octanol–water partition coefficient (Wildman–Crippen LogP) is 2.77. The third kappa shape index (κ3) is 1.55. The average Bonchev–Trinajstić information content (AvgIpc) is 2.82. The predicted molar refractivity (Wildman–Crippen MR) is 70.6 cm³/mol. The molecule has 1 aromatic heterocycles. The molecule has 0 unspecified atom stereocenters. The maximum Gasteiger partial charge on any atom is 0.150 e. The summed E-state index contributed by atoms with van der Waals surface area (Å²) in [5.74, 6) is 0.132. The van der Waals surface area contributed by atoms with Crippen LogP contribution < -0.4 is 0 Å². The highest BCUT2D eigenvalue weighted by molar-refractivity contribution is 5.74. The van der Waals surface area contributed by atoms with Crippen molar-refractivity contribution in [3.63, 3.8) is 0 Å². The van der Waals surface area contributed by atoms with Gasteiger partial charge in [-0.05, 0) is 18.2 Å². The zero-order chi connectivity index (χ0) is 12.5. The number of benzene rings is 2. The van der Waals surface area contributed by atoms with Crippen LogP contribution in [0.4, 0.5) is 0 Å². The van der Waals surface area contributed by atoms with Crippen LogP contribution in [0.1, 0.15) is 5.56 Å². The normalized spacial score (nSPS) is 10.7. The highest BCUT2D eigenvalue weighted by atomic mass is 16.3. The van der Waals surface area contributed by atoms with Gasteiger partial charge in [0.05, 0.1) is 0 Å². The maximum absolute atomic E-state index is 10.1. The molecule has 0 saturated heterocycles. The molecule has 1 heterocycles. The van der Waals surface area contributed by atoms with E-state index in [0.29, 0.717) is 11.3 Å². The largest absolute Gasteiger partial charge is 0.505 e. The van der Waals surface area contributed by atoms with Crippen LogP contribution in [0.25, 0.3) is 22.8 Å². The second-order valence-corrected chi connectivity index (χ2v) is 3.90. The summed E-state index contributed by atoms with van der Waals surface area (Å²) >= 11 is 0. The molecule has 2 aromatic carbocycles. The molecule has 0 aliphatic heterocycles. The lowest BCUT2D eigenvalue weighted by Crippen LogP contribution is -1.99. The Morgan fingerprint density at radius 2 is 1.67 bits per heavy atom. The Kier molecular flexibility index (Phi) is 2.34. The van der Waals surface area contributed by atoms with Gasteiger partial charge in [0, 0.05) is 5.56 Å². The van der Waals surface area contributed by atoms with E-state index in [1.165, 1.54) is 4.80 Å². The van der Waals surface area contributed by atoms with Crippen LogP contribution in [0.15, 0.2) is 49.0 Å². The highest BCUT2D eigenvalue weighted by Gasteiger charge is 2.10. The molecule has 0 aliphatic carbocycles. The van der Waals surface area contributed by atoms with Crippen molar-refractivity contribution in [1.82, 2.24) is 15.0 Å². The number of aromatic hydroxyl groups is 1. The van der Waals surface area contributed by atoms with Gasteiger partial charge in [0.2, 0.25) is 0 Å². The van der Waals surface area contributed by atoms with Crippen LogP contribution in [0, 0.1) is 0 Å². The fourth-order valence-corrected chi connectivity index (χ4v) is 1.84. The van der Waals surface area contributed by atoms with Crippen LogP contribution in [-0.2, 0) is 0 Å². The van der Waals surface area contributed by atoms with Crippen LogP contribution in [0.2, 0.25) is 0 Å². The summed E-state index contributed by atoms with van der Waals surface area (Å²) in [5.41, 5.74) is 2.79. The first-order valence-electron chi connectivity index (χ1n) is 5.56. The highest BCUT2D eigenvalue weighted by Crippen LogP contribution is 2.26. The fourth-order valence-electron chi connectivity index (χ4n) is 1.84. The van der Waals surface area contributed by atoms with Gasteiger partial charge in [-0.3, -0.25) is 0 Å². The monoisotopic (exact) mass is 237 g/mol. The van der Waals surface area contributed by atoms with Gasteiger partial charge >= 0.3 is 0 Å². The zero-order valence-electron chi connectivity index (χ0n) is 9.61. The Balaban J connectivity index is 2.23. The van der Waals surface area contributed by atoms with Crippen molar-refractivity contribution in [3.05, 3.63) is 54.6 Å². The summed E-state index contributed by atoms with van der Waals surface area (Å²) in [7, 11) is 0. The topological polar surface area (TPSA) is 50.9 Å². The zero-order valence-corrected chi connectivity index (χ0v) is 9.61. The van der Waals surface area contributed by atoms with E-state index >= 15 is 0 Å². The molecule has 88 valence electrons. The molecular formula is C14H11N3O. The van der Waals surface area contributed by atoms with E-state index in [-0.39, 0.29) is 5.75 Å². The Morgan fingerprint density at radius 3 is 2.28 bits per heavy atom. The Bertz CT molecular complexity index is 698. The fraction of sp³-hybridized carbons (Fsp3) is 0. The van der Waals surface area contributed by atoms with Crippen molar-refractivity contribution in [1.29, 1.82) is 0 Å². The van der Waals surface area contributed by atoms with Gasteiger partial charge in [0.15, 0.2) is 0 Å². The van der Waals surface area contributed by atoms with Crippen LogP contribution in [-0.4, -0.2) is 20.1 Å². The van der Waals surface area contributed by atoms with E-state index in [1.807, 2.05) is 30.3 Å². The molecule has 0 atom stereocenters. The number of phenols is 1. The van der Waals surface area contributed by atoms with Gasteiger partial charge < -0.3 is 5.11 Å². The molecule has 3 rings (SSSR count). The molecule has 4 nitrogen and oxygen atoms in total. The summed E-state index contributed by atoms with van der Waals surface area (Å²) in [4.78, 5) is 1.44. The van der Waals surface area contributed by atoms with Crippen LogP contribution in [0.3, 0.4) is 0 Å². The number of phenolic OH excluding ortho intramolecular Hbond substituents is 1. The van der Waals surface area contributed by atoms with E-state index in [2.05, 4.69) is 16.8 Å². The van der Waals surface area contributed by atoms with Crippen molar-refractivity contribution in [2.75, 3.05) is 0 Å². The average molecular weight is 237 g/mol. The molecule has 18 heavy (non-hydrogen) atoms. The minimum absolute atomic E-state index is 0.132. The van der Waals surface area contributed by atoms with Crippen LogP contribution >= 0.6 is 0 Å².